The zero-order valence-electron chi connectivity index (χ0n) is 11.3. The van der Waals surface area contributed by atoms with Crippen molar-refractivity contribution in [2.24, 2.45) is 5.92 Å². The lowest BCUT2D eigenvalue weighted by Crippen LogP contribution is -2.44. The van der Waals surface area contributed by atoms with Gasteiger partial charge in [0.15, 0.2) is 0 Å². The van der Waals surface area contributed by atoms with Crippen molar-refractivity contribution in [1.29, 1.82) is 0 Å². The van der Waals surface area contributed by atoms with Gasteiger partial charge in [-0.15, -0.1) is 0 Å². The lowest BCUT2D eigenvalue weighted by molar-refractivity contribution is 0.0322. The molecule has 2 rings (SSSR count). The number of nitrogens with one attached hydrogen (secondary N) is 1. The van der Waals surface area contributed by atoms with Crippen molar-refractivity contribution in [3.8, 4) is 0 Å². The molecule has 1 heterocycles. The third kappa shape index (κ3) is 4.25. The Kier molecular flexibility index (Phi) is 5.28. The van der Waals surface area contributed by atoms with E-state index in [2.05, 4.69) is 12.2 Å². The van der Waals surface area contributed by atoms with Gasteiger partial charge in [-0.2, -0.15) is 0 Å². The molecule has 1 saturated heterocycles. The molecule has 2 unspecified atom stereocenters. The smallest absolute Gasteiger partial charge is 0.126 e. The van der Waals surface area contributed by atoms with Crippen LogP contribution in [0, 0.1) is 17.6 Å². The van der Waals surface area contributed by atoms with Gasteiger partial charge in [-0.3, -0.25) is 0 Å². The highest BCUT2D eigenvalue weighted by Gasteiger charge is 2.25. The van der Waals surface area contributed by atoms with Crippen molar-refractivity contribution in [2.45, 2.75) is 32.2 Å². The molecule has 1 N–H and O–H groups in total. The summed E-state index contributed by atoms with van der Waals surface area (Å²) in [5.41, 5.74) is 0.705. The molecule has 1 aromatic rings. The summed E-state index contributed by atoms with van der Waals surface area (Å²) in [4.78, 5) is 0. The van der Waals surface area contributed by atoms with Crippen molar-refractivity contribution in [3.05, 3.63) is 35.4 Å². The van der Waals surface area contributed by atoms with E-state index in [1.807, 2.05) is 0 Å². The molecule has 2 nitrogen and oxygen atoms in total. The molecule has 0 amide bonds. The van der Waals surface area contributed by atoms with Gasteiger partial charge in [-0.05, 0) is 43.5 Å². The average molecular weight is 269 g/mol. The number of halogens is 2. The number of hydrogen-bond donors (Lipinski definition) is 1. The molecule has 4 heteroatoms. The van der Waals surface area contributed by atoms with Gasteiger partial charge < -0.3 is 10.1 Å². The van der Waals surface area contributed by atoms with Crippen LogP contribution >= 0.6 is 0 Å². The summed E-state index contributed by atoms with van der Waals surface area (Å²) in [7, 11) is 0. The zero-order valence-corrected chi connectivity index (χ0v) is 11.3. The van der Waals surface area contributed by atoms with E-state index >= 15 is 0 Å². The molecule has 106 valence electrons. The van der Waals surface area contributed by atoms with Crippen LogP contribution in [0.1, 0.15) is 25.3 Å². The summed E-state index contributed by atoms with van der Waals surface area (Å²) in [6, 6.07) is 4.11. The predicted molar refractivity (Wildman–Crippen MR) is 71.1 cm³/mol. The second-order valence-electron chi connectivity index (χ2n) is 5.17. The fourth-order valence-electron chi connectivity index (χ4n) is 2.63. The Morgan fingerprint density at radius 2 is 2.00 bits per heavy atom. The maximum absolute atomic E-state index is 13.2. The van der Waals surface area contributed by atoms with Gasteiger partial charge in [-0.1, -0.05) is 6.92 Å². The topological polar surface area (TPSA) is 21.3 Å². The standard InChI is InChI=1S/C15H21F2NO/c1-2-4-18-15-3-5-19-10-12(15)6-11-7-13(16)9-14(17)8-11/h7-9,12,15,18H,2-6,10H2,1H3. The Bertz CT molecular complexity index is 391. The number of ether oxygens (including phenoxy) is 1. The van der Waals surface area contributed by atoms with Crippen LogP contribution in [0.2, 0.25) is 0 Å². The third-order valence-electron chi connectivity index (χ3n) is 3.55. The third-order valence-corrected chi connectivity index (χ3v) is 3.55. The number of benzene rings is 1. The summed E-state index contributed by atoms with van der Waals surface area (Å²) in [5, 5.41) is 3.50. The first-order valence-electron chi connectivity index (χ1n) is 6.95. The lowest BCUT2D eigenvalue weighted by Gasteiger charge is -2.32. The minimum absolute atomic E-state index is 0.279. The van der Waals surface area contributed by atoms with E-state index in [-0.39, 0.29) is 5.92 Å². The van der Waals surface area contributed by atoms with E-state index in [4.69, 9.17) is 4.74 Å². The molecule has 0 saturated carbocycles. The van der Waals surface area contributed by atoms with Gasteiger partial charge in [0.25, 0.3) is 0 Å². The molecular formula is C15H21F2NO. The van der Waals surface area contributed by atoms with Crippen LogP contribution < -0.4 is 5.32 Å². The molecule has 1 aromatic carbocycles. The first-order chi connectivity index (χ1) is 9.19. The van der Waals surface area contributed by atoms with Gasteiger partial charge in [0.1, 0.15) is 11.6 Å². The molecular weight excluding hydrogens is 248 g/mol. The number of rotatable bonds is 5. The molecule has 1 fully saturated rings. The molecule has 19 heavy (non-hydrogen) atoms. The minimum atomic E-state index is -0.509. The van der Waals surface area contributed by atoms with E-state index in [1.165, 1.54) is 12.1 Å². The van der Waals surface area contributed by atoms with Gasteiger partial charge >= 0.3 is 0 Å². The van der Waals surface area contributed by atoms with Gasteiger partial charge in [0.2, 0.25) is 0 Å². The van der Waals surface area contributed by atoms with Crippen LogP contribution in [0.5, 0.6) is 0 Å². The Balaban J connectivity index is 2.01. The van der Waals surface area contributed by atoms with E-state index in [1.54, 1.807) is 0 Å². The fraction of sp³-hybridized carbons (Fsp3) is 0.600. The SMILES string of the molecule is CCCNC1CCOCC1Cc1cc(F)cc(F)c1. The molecule has 0 aliphatic carbocycles. The Hall–Kier alpha value is -1.00. The summed E-state index contributed by atoms with van der Waals surface area (Å²) in [5.74, 6) is -0.740. The first-order valence-corrected chi connectivity index (χ1v) is 6.95. The Morgan fingerprint density at radius 3 is 2.68 bits per heavy atom. The largest absolute Gasteiger partial charge is 0.381 e. The molecule has 2 atom stereocenters. The first kappa shape index (κ1) is 14.4. The molecule has 0 spiro atoms. The van der Waals surface area contributed by atoms with Crippen LogP contribution in [0.3, 0.4) is 0 Å². The van der Waals surface area contributed by atoms with E-state index in [0.29, 0.717) is 24.6 Å². The van der Waals surface area contributed by atoms with Gasteiger partial charge in [0, 0.05) is 24.6 Å². The van der Waals surface area contributed by atoms with Crippen LogP contribution in [-0.2, 0) is 11.2 Å². The molecule has 0 radical (unpaired) electrons. The van der Waals surface area contributed by atoms with Crippen LogP contribution in [0.4, 0.5) is 8.78 Å². The van der Waals surface area contributed by atoms with E-state index < -0.39 is 11.6 Å². The van der Waals surface area contributed by atoms with Crippen molar-refractivity contribution in [3.63, 3.8) is 0 Å². The maximum Gasteiger partial charge on any atom is 0.126 e. The normalized spacial score (nSPS) is 23.5. The molecule has 0 aromatic heterocycles. The summed E-state index contributed by atoms with van der Waals surface area (Å²) >= 11 is 0. The van der Waals surface area contributed by atoms with Crippen molar-refractivity contribution >= 4 is 0 Å². The van der Waals surface area contributed by atoms with E-state index in [0.717, 1.165) is 32.1 Å². The minimum Gasteiger partial charge on any atom is -0.381 e. The van der Waals surface area contributed by atoms with Crippen LogP contribution in [0.15, 0.2) is 18.2 Å². The Labute approximate surface area is 113 Å². The lowest BCUT2D eigenvalue weighted by atomic mass is 9.89. The van der Waals surface area contributed by atoms with E-state index in [9.17, 15) is 8.78 Å². The summed E-state index contributed by atoms with van der Waals surface area (Å²) < 4.78 is 31.9. The van der Waals surface area contributed by atoms with Crippen molar-refractivity contribution < 1.29 is 13.5 Å². The van der Waals surface area contributed by atoms with Crippen LogP contribution in [0.25, 0.3) is 0 Å². The average Bonchev–Trinajstić information content (AvgIpc) is 2.36. The second kappa shape index (κ2) is 6.96. The molecule has 0 bridgehead atoms. The van der Waals surface area contributed by atoms with Crippen LogP contribution in [-0.4, -0.2) is 25.8 Å². The number of hydrogen-bond acceptors (Lipinski definition) is 2. The quantitative estimate of drug-likeness (QED) is 0.887. The van der Waals surface area contributed by atoms with Crippen molar-refractivity contribution in [1.82, 2.24) is 5.32 Å². The second-order valence-corrected chi connectivity index (χ2v) is 5.17. The highest BCUT2D eigenvalue weighted by Crippen LogP contribution is 2.21. The molecule has 1 aliphatic rings. The predicted octanol–water partition coefficient (Wildman–Crippen LogP) is 2.91. The summed E-state index contributed by atoms with van der Waals surface area (Å²) in [6.45, 7) is 4.51. The highest BCUT2D eigenvalue weighted by molar-refractivity contribution is 5.19. The van der Waals surface area contributed by atoms with Crippen molar-refractivity contribution in [2.75, 3.05) is 19.8 Å². The fourth-order valence-corrected chi connectivity index (χ4v) is 2.63. The highest BCUT2D eigenvalue weighted by atomic mass is 19.1. The van der Waals surface area contributed by atoms with Gasteiger partial charge in [0.05, 0.1) is 6.61 Å². The Morgan fingerprint density at radius 1 is 1.26 bits per heavy atom. The maximum atomic E-state index is 13.2. The van der Waals surface area contributed by atoms with Gasteiger partial charge in [-0.25, -0.2) is 8.78 Å². The monoisotopic (exact) mass is 269 g/mol. The molecule has 1 aliphatic heterocycles. The summed E-state index contributed by atoms with van der Waals surface area (Å²) in [6.07, 6.45) is 2.69. The zero-order chi connectivity index (χ0) is 13.7.